The van der Waals surface area contributed by atoms with Crippen molar-refractivity contribution in [1.82, 2.24) is 0 Å². The van der Waals surface area contributed by atoms with Crippen molar-refractivity contribution in [3.05, 3.63) is 0 Å². The van der Waals surface area contributed by atoms with Crippen LogP contribution < -0.4 is 0 Å². The predicted octanol–water partition coefficient (Wildman–Crippen LogP) is 2.05. The molecule has 0 N–H and O–H groups in total. The fourth-order valence-corrected chi connectivity index (χ4v) is 0.951. The lowest BCUT2D eigenvalue weighted by Gasteiger charge is -2.22. The van der Waals surface area contributed by atoms with Gasteiger partial charge in [0, 0.05) is 0 Å². The minimum absolute atomic E-state index is 0.0681. The monoisotopic (exact) mass is 280 g/mol. The number of esters is 2. The van der Waals surface area contributed by atoms with Crippen LogP contribution in [0.2, 0.25) is 0 Å². The third-order valence-electron chi connectivity index (χ3n) is 1.70. The van der Waals surface area contributed by atoms with E-state index in [2.05, 4.69) is 15.9 Å². The Kier molecular flexibility index (Phi) is 6.56. The Bertz CT molecular complexity index is 225. The summed E-state index contributed by atoms with van der Waals surface area (Å²) in [4.78, 5) is 22.5. The van der Waals surface area contributed by atoms with E-state index in [1.165, 1.54) is 13.8 Å². The van der Waals surface area contributed by atoms with Gasteiger partial charge in [-0.3, -0.25) is 4.79 Å². The van der Waals surface area contributed by atoms with Gasteiger partial charge in [-0.1, -0.05) is 29.3 Å². The number of halogens is 1. The van der Waals surface area contributed by atoms with E-state index in [1.54, 1.807) is 0 Å². The molecule has 0 bridgehead atoms. The summed E-state index contributed by atoms with van der Waals surface area (Å²) in [6, 6.07) is 0. The lowest BCUT2D eigenvalue weighted by molar-refractivity contribution is -0.177. The number of ether oxygens (including phenoxy) is 2. The molecule has 0 saturated heterocycles. The third-order valence-corrected chi connectivity index (χ3v) is 2.16. The first-order valence-electron chi connectivity index (χ1n) is 4.89. The summed E-state index contributed by atoms with van der Waals surface area (Å²) in [6.07, 6.45) is 1.77. The van der Waals surface area contributed by atoms with Crippen molar-refractivity contribution in [3.63, 3.8) is 0 Å². The fourth-order valence-electron chi connectivity index (χ4n) is 0.837. The number of hydrogen-bond donors (Lipinski definition) is 0. The molecule has 0 aromatic heterocycles. The highest BCUT2D eigenvalue weighted by Crippen LogP contribution is 2.12. The summed E-state index contributed by atoms with van der Waals surface area (Å²) in [6.45, 7) is 5.40. The van der Waals surface area contributed by atoms with Gasteiger partial charge in [0.15, 0.2) is 0 Å². The first-order chi connectivity index (χ1) is 6.94. The van der Waals surface area contributed by atoms with Crippen molar-refractivity contribution >= 4 is 27.9 Å². The van der Waals surface area contributed by atoms with E-state index < -0.39 is 17.5 Å². The average molecular weight is 281 g/mol. The smallest absolute Gasteiger partial charge is 0.350 e. The van der Waals surface area contributed by atoms with E-state index in [0.717, 1.165) is 12.8 Å². The lowest BCUT2D eigenvalue weighted by Crippen LogP contribution is -2.39. The van der Waals surface area contributed by atoms with Crippen LogP contribution in [-0.4, -0.2) is 29.5 Å². The number of carbonyl (C=O) groups excluding carboxylic acids is 2. The normalized spacial score (nSPS) is 10.9. The minimum Gasteiger partial charge on any atom is -0.463 e. The molecule has 0 heterocycles. The first kappa shape index (κ1) is 14.4. The average Bonchev–Trinajstić information content (AvgIpc) is 2.17. The van der Waals surface area contributed by atoms with Gasteiger partial charge in [-0.25, -0.2) is 4.79 Å². The second-order valence-electron chi connectivity index (χ2n) is 3.61. The van der Waals surface area contributed by atoms with Crippen molar-refractivity contribution in [3.8, 4) is 0 Å². The molecule has 0 aliphatic heterocycles. The summed E-state index contributed by atoms with van der Waals surface area (Å²) < 4.78 is 9.88. The molecule has 0 fully saturated rings. The molecule has 15 heavy (non-hydrogen) atoms. The third kappa shape index (κ3) is 5.77. The molecule has 4 nitrogen and oxygen atoms in total. The predicted molar refractivity (Wildman–Crippen MR) is 59.8 cm³/mol. The molecule has 0 spiro atoms. The Morgan fingerprint density at radius 2 is 1.93 bits per heavy atom. The van der Waals surface area contributed by atoms with Crippen molar-refractivity contribution in [2.24, 2.45) is 0 Å². The Morgan fingerprint density at radius 3 is 2.40 bits per heavy atom. The van der Waals surface area contributed by atoms with Gasteiger partial charge in [0.05, 0.1) is 6.61 Å². The van der Waals surface area contributed by atoms with E-state index >= 15 is 0 Å². The van der Waals surface area contributed by atoms with E-state index in [-0.39, 0.29) is 5.33 Å². The number of rotatable bonds is 6. The van der Waals surface area contributed by atoms with Crippen molar-refractivity contribution in [2.45, 2.75) is 39.2 Å². The van der Waals surface area contributed by atoms with Gasteiger partial charge >= 0.3 is 11.9 Å². The highest BCUT2D eigenvalue weighted by molar-refractivity contribution is 9.09. The summed E-state index contributed by atoms with van der Waals surface area (Å²) in [5, 5.41) is 0.0681. The van der Waals surface area contributed by atoms with E-state index in [4.69, 9.17) is 9.47 Å². The van der Waals surface area contributed by atoms with Crippen LogP contribution in [0.4, 0.5) is 0 Å². The molecule has 0 radical (unpaired) electrons. The van der Waals surface area contributed by atoms with Gasteiger partial charge in [-0.15, -0.1) is 0 Å². The molecule has 0 rings (SSSR count). The zero-order valence-corrected chi connectivity index (χ0v) is 10.9. The fraction of sp³-hybridized carbons (Fsp3) is 0.800. The van der Waals surface area contributed by atoms with Crippen LogP contribution in [0, 0.1) is 0 Å². The zero-order chi connectivity index (χ0) is 11.9. The zero-order valence-electron chi connectivity index (χ0n) is 9.34. The lowest BCUT2D eigenvalue weighted by atomic mass is 10.1. The SMILES string of the molecule is CCCCOC(=O)C(C)(C)OC(=O)CBr. The molecule has 0 aromatic carbocycles. The molecule has 5 heteroatoms. The van der Waals surface area contributed by atoms with Crippen LogP contribution in [0.3, 0.4) is 0 Å². The summed E-state index contributed by atoms with van der Waals surface area (Å²) >= 11 is 2.95. The van der Waals surface area contributed by atoms with Crippen LogP contribution in [0.1, 0.15) is 33.6 Å². The van der Waals surface area contributed by atoms with Crippen molar-refractivity contribution < 1.29 is 19.1 Å². The number of hydrogen-bond acceptors (Lipinski definition) is 4. The number of unbranched alkanes of at least 4 members (excludes halogenated alkanes) is 1. The quantitative estimate of drug-likeness (QED) is 0.425. The topological polar surface area (TPSA) is 52.6 Å². The van der Waals surface area contributed by atoms with Gasteiger partial charge in [0.1, 0.15) is 5.33 Å². The molecular formula is C10H17BrO4. The van der Waals surface area contributed by atoms with Crippen LogP contribution in [0.15, 0.2) is 0 Å². The number of carbonyl (C=O) groups is 2. The summed E-state index contributed by atoms with van der Waals surface area (Å²) in [7, 11) is 0. The maximum Gasteiger partial charge on any atom is 0.350 e. The van der Waals surface area contributed by atoms with Gasteiger partial charge in [0.2, 0.25) is 5.60 Å². The highest BCUT2D eigenvalue weighted by atomic mass is 79.9. The molecule has 0 saturated carbocycles. The Balaban J connectivity index is 4.07. The molecule has 0 aromatic rings. The Labute approximate surface area is 98.4 Å². The summed E-state index contributed by atoms with van der Waals surface area (Å²) in [5.41, 5.74) is -1.21. The van der Waals surface area contributed by atoms with Gasteiger partial charge < -0.3 is 9.47 Å². The van der Waals surface area contributed by atoms with Crippen LogP contribution >= 0.6 is 15.9 Å². The second-order valence-corrected chi connectivity index (χ2v) is 4.17. The van der Waals surface area contributed by atoms with Crippen molar-refractivity contribution in [2.75, 3.05) is 11.9 Å². The summed E-state index contributed by atoms with van der Waals surface area (Å²) in [5.74, 6) is -0.988. The van der Waals surface area contributed by atoms with E-state index in [0.29, 0.717) is 6.61 Å². The van der Waals surface area contributed by atoms with Gasteiger partial charge in [-0.05, 0) is 20.3 Å². The van der Waals surface area contributed by atoms with Gasteiger partial charge in [0.25, 0.3) is 0 Å². The molecule has 0 aliphatic rings. The first-order valence-corrected chi connectivity index (χ1v) is 6.01. The minimum atomic E-state index is -1.21. The van der Waals surface area contributed by atoms with Crippen LogP contribution in [0.5, 0.6) is 0 Å². The van der Waals surface area contributed by atoms with E-state index in [1.807, 2.05) is 6.92 Å². The molecule has 88 valence electrons. The number of alkyl halides is 1. The molecular weight excluding hydrogens is 264 g/mol. The highest BCUT2D eigenvalue weighted by Gasteiger charge is 2.33. The molecule has 0 atom stereocenters. The molecule has 0 amide bonds. The largest absolute Gasteiger partial charge is 0.463 e. The van der Waals surface area contributed by atoms with E-state index in [9.17, 15) is 9.59 Å². The standard InChI is InChI=1S/C10H17BrO4/c1-4-5-6-14-9(13)10(2,3)15-8(12)7-11/h4-7H2,1-3H3. The Hall–Kier alpha value is -0.580. The van der Waals surface area contributed by atoms with Gasteiger partial charge in [-0.2, -0.15) is 0 Å². The maximum atomic E-state index is 11.5. The van der Waals surface area contributed by atoms with Crippen molar-refractivity contribution in [1.29, 1.82) is 0 Å². The maximum absolute atomic E-state index is 11.5. The Morgan fingerprint density at radius 1 is 1.33 bits per heavy atom. The molecule has 0 unspecified atom stereocenters. The molecule has 0 aliphatic carbocycles. The second kappa shape index (κ2) is 6.82. The van der Waals surface area contributed by atoms with Crippen LogP contribution in [0.25, 0.3) is 0 Å². The van der Waals surface area contributed by atoms with Crippen LogP contribution in [-0.2, 0) is 19.1 Å².